The lowest BCUT2D eigenvalue weighted by Gasteiger charge is -2.18. The highest BCUT2D eigenvalue weighted by molar-refractivity contribution is 5.97. The minimum Gasteiger partial charge on any atom is -0.508 e. The molecule has 98 valence electrons. The summed E-state index contributed by atoms with van der Waals surface area (Å²) in [6, 6.07) is 3.74. The summed E-state index contributed by atoms with van der Waals surface area (Å²) in [4.78, 5) is 12.0. The zero-order valence-corrected chi connectivity index (χ0v) is 10.0. The molecule has 1 aromatic carbocycles. The summed E-state index contributed by atoms with van der Waals surface area (Å²) < 4.78 is 5.23. The van der Waals surface area contributed by atoms with Gasteiger partial charge < -0.3 is 25.6 Å². The largest absolute Gasteiger partial charge is 0.508 e. The van der Waals surface area contributed by atoms with E-state index in [4.69, 9.17) is 9.84 Å². The van der Waals surface area contributed by atoms with Crippen LogP contribution in [-0.4, -0.2) is 48.5 Å². The van der Waals surface area contributed by atoms with E-state index in [0.717, 1.165) is 6.07 Å². The molecule has 1 aliphatic heterocycles. The van der Waals surface area contributed by atoms with Gasteiger partial charge in [-0.05, 0) is 12.1 Å². The van der Waals surface area contributed by atoms with Crippen LogP contribution in [0.2, 0.25) is 0 Å². The third-order valence-corrected chi connectivity index (χ3v) is 3.00. The van der Waals surface area contributed by atoms with E-state index < -0.39 is 0 Å². The van der Waals surface area contributed by atoms with Crippen LogP contribution < -0.4 is 10.6 Å². The zero-order valence-electron chi connectivity index (χ0n) is 10.0. The Morgan fingerprint density at radius 1 is 1.44 bits per heavy atom. The van der Waals surface area contributed by atoms with Crippen molar-refractivity contribution in [2.45, 2.75) is 12.1 Å². The quantitative estimate of drug-likeness (QED) is 0.599. The molecule has 0 bridgehead atoms. The lowest BCUT2D eigenvalue weighted by molar-refractivity contribution is 0.0778. The van der Waals surface area contributed by atoms with Gasteiger partial charge in [0.05, 0.1) is 17.7 Å². The molecule has 2 atom stereocenters. The summed E-state index contributed by atoms with van der Waals surface area (Å²) in [7, 11) is 1.59. The monoisotopic (exact) mass is 252 g/mol. The number of benzene rings is 1. The van der Waals surface area contributed by atoms with E-state index in [-0.39, 0.29) is 35.1 Å². The van der Waals surface area contributed by atoms with Crippen LogP contribution in [0.15, 0.2) is 18.2 Å². The third-order valence-electron chi connectivity index (χ3n) is 3.00. The van der Waals surface area contributed by atoms with Gasteiger partial charge in [0.15, 0.2) is 0 Å². The van der Waals surface area contributed by atoms with Gasteiger partial charge in [-0.15, -0.1) is 0 Å². The number of methoxy groups -OCH3 is 1. The lowest BCUT2D eigenvalue weighted by Crippen LogP contribution is -2.43. The van der Waals surface area contributed by atoms with Gasteiger partial charge in [-0.1, -0.05) is 0 Å². The van der Waals surface area contributed by atoms with Gasteiger partial charge in [-0.2, -0.15) is 0 Å². The fourth-order valence-corrected chi connectivity index (χ4v) is 2.00. The van der Waals surface area contributed by atoms with Crippen LogP contribution in [-0.2, 0) is 4.74 Å². The molecule has 0 saturated carbocycles. The second-order valence-corrected chi connectivity index (χ2v) is 4.21. The van der Waals surface area contributed by atoms with E-state index in [2.05, 4.69) is 10.6 Å². The predicted octanol–water partition coefficient (Wildman–Crippen LogP) is -0.186. The fraction of sp³-hybridized carbons (Fsp3) is 0.417. The molecule has 1 aliphatic rings. The average molecular weight is 252 g/mol. The van der Waals surface area contributed by atoms with Crippen molar-refractivity contribution in [1.29, 1.82) is 0 Å². The van der Waals surface area contributed by atoms with Crippen molar-refractivity contribution in [3.8, 4) is 11.5 Å². The molecule has 1 heterocycles. The van der Waals surface area contributed by atoms with E-state index in [9.17, 15) is 9.90 Å². The number of rotatable bonds is 3. The maximum atomic E-state index is 12.0. The molecular weight excluding hydrogens is 236 g/mol. The number of amides is 1. The smallest absolute Gasteiger partial charge is 0.255 e. The summed E-state index contributed by atoms with van der Waals surface area (Å²) in [5.41, 5.74) is 0.134. The van der Waals surface area contributed by atoms with Crippen molar-refractivity contribution in [2.24, 2.45) is 0 Å². The molecule has 1 aromatic rings. The Kier molecular flexibility index (Phi) is 3.69. The fourth-order valence-electron chi connectivity index (χ4n) is 2.00. The van der Waals surface area contributed by atoms with E-state index >= 15 is 0 Å². The molecule has 0 aromatic heterocycles. The van der Waals surface area contributed by atoms with Crippen LogP contribution in [0.5, 0.6) is 11.5 Å². The summed E-state index contributed by atoms with van der Waals surface area (Å²) in [5, 5.41) is 24.7. The Labute approximate surface area is 105 Å². The molecule has 0 spiro atoms. The predicted molar refractivity (Wildman–Crippen MR) is 64.7 cm³/mol. The number of ether oxygens (including phenoxy) is 1. The van der Waals surface area contributed by atoms with Gasteiger partial charge in [0.2, 0.25) is 0 Å². The maximum absolute atomic E-state index is 12.0. The van der Waals surface area contributed by atoms with Crippen molar-refractivity contribution in [1.82, 2.24) is 10.6 Å². The van der Waals surface area contributed by atoms with Crippen LogP contribution in [0.3, 0.4) is 0 Å². The Morgan fingerprint density at radius 2 is 2.22 bits per heavy atom. The van der Waals surface area contributed by atoms with Gasteiger partial charge in [0.1, 0.15) is 11.5 Å². The third kappa shape index (κ3) is 2.55. The first-order chi connectivity index (χ1) is 8.61. The van der Waals surface area contributed by atoms with Crippen LogP contribution in [0.1, 0.15) is 10.4 Å². The Bertz CT molecular complexity index is 450. The van der Waals surface area contributed by atoms with Crippen LogP contribution in [0.25, 0.3) is 0 Å². The maximum Gasteiger partial charge on any atom is 0.255 e. The summed E-state index contributed by atoms with van der Waals surface area (Å²) in [6.45, 7) is 1.31. The molecule has 2 rings (SSSR count). The molecule has 1 saturated heterocycles. The minimum atomic E-state index is -0.386. The van der Waals surface area contributed by atoms with E-state index in [1.807, 2.05) is 0 Å². The van der Waals surface area contributed by atoms with Crippen molar-refractivity contribution >= 4 is 5.91 Å². The number of hydrogen-bond acceptors (Lipinski definition) is 5. The molecule has 18 heavy (non-hydrogen) atoms. The summed E-state index contributed by atoms with van der Waals surface area (Å²) >= 11 is 0. The first-order valence-electron chi connectivity index (χ1n) is 5.68. The standard InChI is InChI=1S/C12H16N2O4/c1-18-11-6-13-5-9(11)14-12(17)8-3-2-7(15)4-10(8)16/h2-4,9,11,13,15-16H,5-6H2,1H3,(H,14,17)/t9?,11-/m1/s1. The van der Waals surface area contributed by atoms with E-state index in [0.29, 0.717) is 13.1 Å². The number of aromatic hydroxyl groups is 2. The van der Waals surface area contributed by atoms with Crippen LogP contribution in [0.4, 0.5) is 0 Å². The average Bonchev–Trinajstić information content (AvgIpc) is 2.76. The highest BCUT2D eigenvalue weighted by Gasteiger charge is 2.28. The molecule has 1 amide bonds. The summed E-state index contributed by atoms with van der Waals surface area (Å²) in [5.74, 6) is -0.711. The summed E-state index contributed by atoms with van der Waals surface area (Å²) in [6.07, 6.45) is -0.0757. The van der Waals surface area contributed by atoms with Crippen molar-refractivity contribution in [3.63, 3.8) is 0 Å². The zero-order chi connectivity index (χ0) is 13.1. The van der Waals surface area contributed by atoms with Crippen molar-refractivity contribution < 1.29 is 19.7 Å². The number of phenolic OH excluding ortho intramolecular Hbond substituents is 2. The highest BCUT2D eigenvalue weighted by atomic mass is 16.5. The van der Waals surface area contributed by atoms with Gasteiger partial charge in [-0.25, -0.2) is 0 Å². The van der Waals surface area contributed by atoms with Crippen molar-refractivity contribution in [3.05, 3.63) is 23.8 Å². The number of carbonyl (C=O) groups is 1. The minimum absolute atomic E-state index is 0.0757. The molecule has 0 aliphatic carbocycles. The SMILES string of the molecule is CO[C@@H]1CNCC1NC(=O)c1ccc(O)cc1O. The first-order valence-corrected chi connectivity index (χ1v) is 5.68. The molecule has 6 nitrogen and oxygen atoms in total. The topological polar surface area (TPSA) is 90.8 Å². The number of nitrogens with one attached hydrogen (secondary N) is 2. The van der Waals surface area contributed by atoms with E-state index in [1.54, 1.807) is 7.11 Å². The number of hydrogen-bond donors (Lipinski definition) is 4. The molecular formula is C12H16N2O4. The second-order valence-electron chi connectivity index (χ2n) is 4.21. The molecule has 6 heteroatoms. The Balaban J connectivity index is 2.07. The second kappa shape index (κ2) is 5.24. The van der Waals surface area contributed by atoms with Crippen molar-refractivity contribution in [2.75, 3.05) is 20.2 Å². The van der Waals surface area contributed by atoms with E-state index in [1.165, 1.54) is 12.1 Å². The molecule has 1 unspecified atom stereocenters. The Morgan fingerprint density at radius 3 is 2.89 bits per heavy atom. The lowest BCUT2D eigenvalue weighted by atomic mass is 10.1. The van der Waals surface area contributed by atoms with Gasteiger partial charge in [0.25, 0.3) is 5.91 Å². The molecule has 4 N–H and O–H groups in total. The molecule has 1 fully saturated rings. The highest BCUT2D eigenvalue weighted by Crippen LogP contribution is 2.22. The van der Waals surface area contributed by atoms with Gasteiger partial charge >= 0.3 is 0 Å². The normalized spacial score (nSPS) is 22.9. The van der Waals surface area contributed by atoms with Crippen LogP contribution in [0, 0.1) is 0 Å². The Hall–Kier alpha value is -1.79. The number of carbonyl (C=O) groups excluding carboxylic acids is 1. The first kappa shape index (κ1) is 12.7. The van der Waals surface area contributed by atoms with Gasteiger partial charge in [-0.3, -0.25) is 4.79 Å². The van der Waals surface area contributed by atoms with Crippen LogP contribution >= 0.6 is 0 Å². The number of phenols is 2. The van der Waals surface area contributed by atoms with Gasteiger partial charge in [0, 0.05) is 26.3 Å². The molecule has 0 radical (unpaired) electrons.